The van der Waals surface area contributed by atoms with Crippen molar-refractivity contribution in [1.82, 2.24) is 5.32 Å². The molecule has 5 nitrogen and oxygen atoms in total. The number of rotatable bonds is 12. The maximum Gasteiger partial charge on any atom is 0.150 e. The quantitative estimate of drug-likeness (QED) is 0.552. The predicted molar refractivity (Wildman–Crippen MR) is 85.3 cm³/mol. The van der Waals surface area contributed by atoms with Crippen molar-refractivity contribution in [1.29, 1.82) is 0 Å². The van der Waals surface area contributed by atoms with Gasteiger partial charge in [0.15, 0.2) is 9.84 Å². The van der Waals surface area contributed by atoms with Crippen LogP contribution >= 0.6 is 0 Å². The highest BCUT2D eigenvalue weighted by atomic mass is 32.2. The van der Waals surface area contributed by atoms with Gasteiger partial charge in [-0.1, -0.05) is 6.92 Å². The van der Waals surface area contributed by atoms with E-state index in [-0.39, 0.29) is 0 Å². The van der Waals surface area contributed by atoms with Gasteiger partial charge in [-0.05, 0) is 50.6 Å². The summed E-state index contributed by atoms with van der Waals surface area (Å²) >= 11 is 0. The molecule has 2 unspecified atom stereocenters. The van der Waals surface area contributed by atoms with Gasteiger partial charge in [0.2, 0.25) is 0 Å². The van der Waals surface area contributed by atoms with Crippen molar-refractivity contribution in [2.24, 2.45) is 11.8 Å². The molecule has 1 N–H and O–H groups in total. The highest BCUT2D eigenvalue weighted by Crippen LogP contribution is 2.28. The number of methoxy groups -OCH3 is 1. The molecule has 0 amide bonds. The number of ether oxygens (including phenoxy) is 2. The first kappa shape index (κ1) is 18.9. The van der Waals surface area contributed by atoms with Gasteiger partial charge >= 0.3 is 0 Å². The normalized spacial score (nSPS) is 22.5. The van der Waals surface area contributed by atoms with Crippen molar-refractivity contribution in [3.8, 4) is 0 Å². The molecule has 1 heterocycles. The van der Waals surface area contributed by atoms with Gasteiger partial charge in [0.05, 0.1) is 24.7 Å². The molecular formula is C15H31NO4S. The number of hydrogen-bond donors (Lipinski definition) is 1. The third-order valence-corrected chi connectivity index (χ3v) is 5.86. The van der Waals surface area contributed by atoms with Crippen molar-refractivity contribution in [2.45, 2.75) is 32.6 Å². The van der Waals surface area contributed by atoms with E-state index in [4.69, 9.17) is 9.47 Å². The van der Waals surface area contributed by atoms with Gasteiger partial charge in [-0.25, -0.2) is 8.42 Å². The summed E-state index contributed by atoms with van der Waals surface area (Å²) in [5.41, 5.74) is 0. The Hall–Kier alpha value is -0.170. The highest BCUT2D eigenvalue weighted by Gasteiger charge is 2.33. The van der Waals surface area contributed by atoms with E-state index in [0.717, 1.165) is 45.4 Å². The Balaban J connectivity index is 2.31. The molecular weight excluding hydrogens is 290 g/mol. The Bertz CT molecular complexity index is 359. The molecule has 2 atom stereocenters. The van der Waals surface area contributed by atoms with E-state index in [1.54, 1.807) is 7.11 Å². The highest BCUT2D eigenvalue weighted by molar-refractivity contribution is 7.91. The molecule has 0 aromatic carbocycles. The van der Waals surface area contributed by atoms with Gasteiger partial charge in [-0.15, -0.1) is 0 Å². The molecule has 1 aliphatic heterocycles. The Morgan fingerprint density at radius 1 is 1.29 bits per heavy atom. The van der Waals surface area contributed by atoms with Crippen LogP contribution in [0, 0.1) is 11.8 Å². The fourth-order valence-corrected chi connectivity index (χ4v) is 4.78. The first-order valence-corrected chi connectivity index (χ1v) is 9.89. The van der Waals surface area contributed by atoms with Gasteiger partial charge in [-0.2, -0.15) is 0 Å². The van der Waals surface area contributed by atoms with Gasteiger partial charge in [0.25, 0.3) is 0 Å². The lowest BCUT2D eigenvalue weighted by molar-refractivity contribution is 0.0662. The summed E-state index contributed by atoms with van der Waals surface area (Å²) in [5.74, 6) is 1.50. The molecule has 0 saturated carbocycles. The minimum Gasteiger partial charge on any atom is -0.382 e. The maximum atomic E-state index is 11.7. The molecule has 1 fully saturated rings. The van der Waals surface area contributed by atoms with Gasteiger partial charge < -0.3 is 14.8 Å². The molecule has 6 heteroatoms. The van der Waals surface area contributed by atoms with Gasteiger partial charge in [0, 0.05) is 13.7 Å². The standard InChI is InChI=1S/C15H31NO4S/c1-3-7-16-12-14(5-4-8-20-10-9-19-2)15-6-11-21(17,18)13-15/h14-16H,3-13H2,1-2H3. The van der Waals surface area contributed by atoms with Crippen LogP contribution in [-0.2, 0) is 19.3 Å². The molecule has 126 valence electrons. The van der Waals surface area contributed by atoms with Crippen LogP contribution in [0.25, 0.3) is 0 Å². The number of sulfone groups is 1. The van der Waals surface area contributed by atoms with E-state index in [9.17, 15) is 8.42 Å². The van der Waals surface area contributed by atoms with Crippen molar-refractivity contribution < 1.29 is 17.9 Å². The van der Waals surface area contributed by atoms with E-state index >= 15 is 0 Å². The van der Waals surface area contributed by atoms with Crippen molar-refractivity contribution >= 4 is 9.84 Å². The van der Waals surface area contributed by atoms with Crippen LogP contribution in [0.1, 0.15) is 32.6 Å². The summed E-state index contributed by atoms with van der Waals surface area (Å²) in [6.45, 7) is 6.06. The molecule has 21 heavy (non-hydrogen) atoms. The minimum atomic E-state index is -2.79. The van der Waals surface area contributed by atoms with Crippen LogP contribution in [0.2, 0.25) is 0 Å². The van der Waals surface area contributed by atoms with Crippen LogP contribution in [0.15, 0.2) is 0 Å². The van der Waals surface area contributed by atoms with Crippen molar-refractivity contribution in [3.05, 3.63) is 0 Å². The Labute approximate surface area is 129 Å². The largest absolute Gasteiger partial charge is 0.382 e. The average molecular weight is 321 g/mol. The second-order valence-corrected chi connectivity index (χ2v) is 8.10. The van der Waals surface area contributed by atoms with Crippen molar-refractivity contribution in [2.75, 3.05) is 51.5 Å². The zero-order chi connectivity index (χ0) is 15.6. The Kier molecular flexibility index (Phi) is 9.47. The zero-order valence-electron chi connectivity index (χ0n) is 13.5. The Morgan fingerprint density at radius 2 is 2.10 bits per heavy atom. The molecule has 0 radical (unpaired) electrons. The number of hydrogen-bond acceptors (Lipinski definition) is 5. The van der Waals surface area contributed by atoms with Crippen LogP contribution < -0.4 is 5.32 Å². The average Bonchev–Trinajstić information content (AvgIpc) is 2.81. The summed E-state index contributed by atoms with van der Waals surface area (Å²) in [7, 11) is -1.12. The molecule has 0 aromatic heterocycles. The first-order valence-electron chi connectivity index (χ1n) is 8.07. The number of nitrogens with one attached hydrogen (secondary N) is 1. The second kappa shape index (κ2) is 10.5. The minimum absolute atomic E-state index is 0.318. The fourth-order valence-electron chi connectivity index (χ4n) is 2.86. The lowest BCUT2D eigenvalue weighted by atomic mass is 9.88. The SMILES string of the molecule is CCCNCC(CCCOCCOC)C1CCS(=O)(=O)C1. The summed E-state index contributed by atoms with van der Waals surface area (Å²) < 4.78 is 33.8. The van der Waals surface area contributed by atoms with Gasteiger partial charge in [0.1, 0.15) is 0 Å². The summed E-state index contributed by atoms with van der Waals surface area (Å²) in [6, 6.07) is 0. The maximum absolute atomic E-state index is 11.7. The third kappa shape index (κ3) is 8.14. The summed E-state index contributed by atoms with van der Waals surface area (Å²) in [6.07, 6.45) is 3.95. The molecule has 1 saturated heterocycles. The zero-order valence-corrected chi connectivity index (χ0v) is 14.3. The summed E-state index contributed by atoms with van der Waals surface area (Å²) in [4.78, 5) is 0. The monoisotopic (exact) mass is 321 g/mol. The molecule has 0 spiro atoms. The van der Waals surface area contributed by atoms with E-state index in [0.29, 0.717) is 36.6 Å². The van der Waals surface area contributed by atoms with Gasteiger partial charge in [-0.3, -0.25) is 0 Å². The van der Waals surface area contributed by atoms with Crippen LogP contribution in [-0.4, -0.2) is 59.9 Å². The summed E-state index contributed by atoms with van der Waals surface area (Å²) in [5, 5.41) is 3.44. The smallest absolute Gasteiger partial charge is 0.150 e. The second-order valence-electron chi connectivity index (χ2n) is 5.87. The third-order valence-electron chi connectivity index (χ3n) is 4.06. The molecule has 0 bridgehead atoms. The first-order chi connectivity index (χ1) is 10.1. The van der Waals surface area contributed by atoms with E-state index in [1.807, 2.05) is 0 Å². The Morgan fingerprint density at radius 3 is 2.71 bits per heavy atom. The van der Waals surface area contributed by atoms with E-state index < -0.39 is 9.84 Å². The lowest BCUT2D eigenvalue weighted by Gasteiger charge is -2.23. The lowest BCUT2D eigenvalue weighted by Crippen LogP contribution is -2.30. The predicted octanol–water partition coefficient (Wildman–Crippen LogP) is 1.48. The molecule has 1 rings (SSSR count). The van der Waals surface area contributed by atoms with Crippen LogP contribution in [0.4, 0.5) is 0 Å². The van der Waals surface area contributed by atoms with E-state index in [2.05, 4.69) is 12.2 Å². The fraction of sp³-hybridized carbons (Fsp3) is 1.00. The topological polar surface area (TPSA) is 64.6 Å². The van der Waals surface area contributed by atoms with Crippen molar-refractivity contribution in [3.63, 3.8) is 0 Å². The van der Waals surface area contributed by atoms with Crippen LogP contribution in [0.5, 0.6) is 0 Å². The molecule has 0 aliphatic carbocycles. The molecule has 0 aromatic rings. The molecule has 1 aliphatic rings. The van der Waals surface area contributed by atoms with Crippen LogP contribution in [0.3, 0.4) is 0 Å². The van der Waals surface area contributed by atoms with E-state index in [1.165, 1.54) is 0 Å².